The van der Waals surface area contributed by atoms with E-state index in [2.05, 4.69) is 0 Å². The van der Waals surface area contributed by atoms with Crippen LogP contribution in [-0.2, 0) is 11.3 Å². The molecule has 0 radical (unpaired) electrons. The second kappa shape index (κ2) is 7.72. The van der Waals surface area contributed by atoms with E-state index in [0.29, 0.717) is 23.6 Å². The van der Waals surface area contributed by atoms with E-state index in [1.54, 1.807) is 24.9 Å². The Balaban J connectivity index is 2.63. The Bertz CT molecular complexity index is 445. The summed E-state index contributed by atoms with van der Waals surface area (Å²) >= 11 is 7.58. The van der Waals surface area contributed by atoms with Crippen LogP contribution in [0.15, 0.2) is 18.2 Å². The smallest absolute Gasteiger partial charge is 0.239 e. The number of halogens is 2. The number of nitrogens with two attached hydrogens (primary N) is 1. The van der Waals surface area contributed by atoms with Crippen LogP contribution in [0.3, 0.4) is 0 Å². The highest BCUT2D eigenvalue weighted by atomic mass is 35.5. The lowest BCUT2D eigenvalue weighted by atomic mass is 10.1. The van der Waals surface area contributed by atoms with Crippen molar-refractivity contribution in [3.63, 3.8) is 0 Å². The van der Waals surface area contributed by atoms with Gasteiger partial charge in [0.1, 0.15) is 5.82 Å². The van der Waals surface area contributed by atoms with Crippen LogP contribution < -0.4 is 5.73 Å². The van der Waals surface area contributed by atoms with E-state index < -0.39 is 6.04 Å². The molecule has 106 valence electrons. The summed E-state index contributed by atoms with van der Waals surface area (Å²) in [4.78, 5) is 13.5. The van der Waals surface area contributed by atoms with Gasteiger partial charge in [0.25, 0.3) is 0 Å². The zero-order chi connectivity index (χ0) is 14.4. The van der Waals surface area contributed by atoms with Crippen LogP contribution in [0.4, 0.5) is 4.39 Å². The van der Waals surface area contributed by atoms with E-state index in [9.17, 15) is 9.18 Å². The zero-order valence-electron chi connectivity index (χ0n) is 11.0. The minimum absolute atomic E-state index is 0.130. The SMILES string of the molecule is CSCC[C@H](N)C(=O)N(C)Cc1ccc(F)cc1Cl. The van der Waals surface area contributed by atoms with Crippen molar-refractivity contribution in [2.75, 3.05) is 19.1 Å². The van der Waals surface area contributed by atoms with Crippen molar-refractivity contribution >= 4 is 29.3 Å². The van der Waals surface area contributed by atoms with E-state index in [1.165, 1.54) is 17.0 Å². The average Bonchev–Trinajstić information content (AvgIpc) is 2.38. The monoisotopic (exact) mass is 304 g/mol. The summed E-state index contributed by atoms with van der Waals surface area (Å²) in [5.41, 5.74) is 6.53. The fraction of sp³-hybridized carbons (Fsp3) is 0.462. The number of carbonyl (C=O) groups excluding carboxylic acids is 1. The first-order valence-corrected chi connectivity index (χ1v) is 7.66. The number of hydrogen-bond acceptors (Lipinski definition) is 3. The summed E-state index contributed by atoms with van der Waals surface area (Å²) in [7, 11) is 1.67. The van der Waals surface area contributed by atoms with Gasteiger partial charge < -0.3 is 10.6 Å². The number of rotatable bonds is 6. The molecular formula is C13H18ClFN2OS. The lowest BCUT2D eigenvalue weighted by Gasteiger charge is -2.21. The van der Waals surface area contributed by atoms with Gasteiger partial charge in [-0.25, -0.2) is 4.39 Å². The zero-order valence-corrected chi connectivity index (χ0v) is 12.6. The van der Waals surface area contributed by atoms with Crippen molar-refractivity contribution in [2.45, 2.75) is 19.0 Å². The van der Waals surface area contributed by atoms with Crippen molar-refractivity contribution < 1.29 is 9.18 Å². The summed E-state index contributed by atoms with van der Waals surface area (Å²) in [6.45, 7) is 0.324. The summed E-state index contributed by atoms with van der Waals surface area (Å²) in [6, 6.07) is 3.64. The minimum atomic E-state index is -0.503. The first-order chi connectivity index (χ1) is 8.95. The molecule has 1 amide bonds. The molecular weight excluding hydrogens is 287 g/mol. The molecule has 3 nitrogen and oxygen atoms in total. The molecule has 0 bridgehead atoms. The van der Waals surface area contributed by atoms with Crippen LogP contribution in [0.2, 0.25) is 5.02 Å². The maximum Gasteiger partial charge on any atom is 0.239 e. The van der Waals surface area contributed by atoms with Gasteiger partial charge in [0, 0.05) is 18.6 Å². The number of amides is 1. The van der Waals surface area contributed by atoms with Gasteiger partial charge in [-0.05, 0) is 36.1 Å². The second-order valence-corrected chi connectivity index (χ2v) is 5.71. The molecule has 1 rings (SSSR count). The summed E-state index contributed by atoms with van der Waals surface area (Å²) in [6.07, 6.45) is 2.61. The van der Waals surface area contributed by atoms with Crippen molar-refractivity contribution in [1.29, 1.82) is 0 Å². The molecule has 0 aliphatic rings. The number of likely N-dealkylation sites (N-methyl/N-ethyl adjacent to an activating group) is 1. The molecule has 6 heteroatoms. The first-order valence-electron chi connectivity index (χ1n) is 5.89. The molecule has 2 N–H and O–H groups in total. The molecule has 0 saturated carbocycles. The van der Waals surface area contributed by atoms with Gasteiger partial charge in [-0.2, -0.15) is 11.8 Å². The number of carbonyl (C=O) groups is 1. The van der Waals surface area contributed by atoms with Crippen LogP contribution in [0.1, 0.15) is 12.0 Å². The van der Waals surface area contributed by atoms with Crippen molar-refractivity contribution in [2.24, 2.45) is 5.73 Å². The molecule has 1 aromatic rings. The largest absolute Gasteiger partial charge is 0.340 e. The number of nitrogens with zero attached hydrogens (tertiary/aromatic N) is 1. The predicted octanol–water partition coefficient (Wildman–Crippen LogP) is 2.52. The molecule has 19 heavy (non-hydrogen) atoms. The third-order valence-electron chi connectivity index (χ3n) is 2.75. The Labute approximate surface area is 122 Å². The standard InChI is InChI=1S/C13H18ClFN2OS/c1-17(13(18)12(16)5-6-19-2)8-9-3-4-10(15)7-11(9)14/h3-4,7,12H,5-6,8,16H2,1-2H3/t12-/m0/s1. The van der Waals surface area contributed by atoms with Crippen LogP contribution >= 0.6 is 23.4 Å². The molecule has 0 aliphatic carbocycles. The Morgan fingerprint density at radius 1 is 1.58 bits per heavy atom. The minimum Gasteiger partial charge on any atom is -0.340 e. The van der Waals surface area contributed by atoms with Gasteiger partial charge in [0.05, 0.1) is 6.04 Å². The summed E-state index contributed by atoms with van der Waals surface area (Å²) in [5, 5.41) is 0.317. The highest BCUT2D eigenvalue weighted by Crippen LogP contribution is 2.19. The third-order valence-corrected chi connectivity index (χ3v) is 3.74. The molecule has 1 atom stereocenters. The first kappa shape index (κ1) is 16.3. The predicted molar refractivity (Wildman–Crippen MR) is 78.9 cm³/mol. The Morgan fingerprint density at radius 2 is 2.26 bits per heavy atom. The van der Waals surface area contributed by atoms with Gasteiger partial charge >= 0.3 is 0 Å². The summed E-state index contributed by atoms with van der Waals surface area (Å²) in [5.74, 6) is 0.326. The highest BCUT2D eigenvalue weighted by molar-refractivity contribution is 7.98. The van der Waals surface area contributed by atoms with Gasteiger partial charge in [0.2, 0.25) is 5.91 Å². The topological polar surface area (TPSA) is 46.3 Å². The van der Waals surface area contributed by atoms with Crippen LogP contribution in [-0.4, -0.2) is 35.9 Å². The van der Waals surface area contributed by atoms with E-state index in [1.807, 2.05) is 6.26 Å². The molecule has 0 spiro atoms. The molecule has 0 unspecified atom stereocenters. The quantitative estimate of drug-likeness (QED) is 0.878. The van der Waals surface area contributed by atoms with Crippen molar-refractivity contribution in [3.8, 4) is 0 Å². The maximum atomic E-state index is 12.9. The average molecular weight is 305 g/mol. The number of benzene rings is 1. The van der Waals surface area contributed by atoms with E-state index >= 15 is 0 Å². The Hall–Kier alpha value is -0.780. The summed E-state index contributed by atoms with van der Waals surface area (Å²) < 4.78 is 12.9. The molecule has 0 fully saturated rings. The molecule has 0 heterocycles. The van der Waals surface area contributed by atoms with Crippen LogP contribution in [0.25, 0.3) is 0 Å². The van der Waals surface area contributed by atoms with E-state index in [4.69, 9.17) is 17.3 Å². The fourth-order valence-corrected chi connectivity index (χ4v) is 2.35. The van der Waals surface area contributed by atoms with E-state index in [-0.39, 0.29) is 11.7 Å². The molecule has 0 aliphatic heterocycles. The lowest BCUT2D eigenvalue weighted by molar-refractivity contribution is -0.131. The van der Waals surface area contributed by atoms with Crippen molar-refractivity contribution in [1.82, 2.24) is 4.90 Å². The Kier molecular flexibility index (Phi) is 6.62. The van der Waals surface area contributed by atoms with Gasteiger partial charge in [0.15, 0.2) is 0 Å². The Morgan fingerprint density at radius 3 is 2.84 bits per heavy atom. The highest BCUT2D eigenvalue weighted by Gasteiger charge is 2.18. The van der Waals surface area contributed by atoms with Gasteiger partial charge in [-0.15, -0.1) is 0 Å². The second-order valence-electron chi connectivity index (χ2n) is 4.32. The molecule has 0 aromatic heterocycles. The van der Waals surface area contributed by atoms with Crippen LogP contribution in [0, 0.1) is 5.82 Å². The van der Waals surface area contributed by atoms with Crippen molar-refractivity contribution in [3.05, 3.63) is 34.6 Å². The molecule has 0 saturated heterocycles. The lowest BCUT2D eigenvalue weighted by Crippen LogP contribution is -2.41. The maximum absolute atomic E-state index is 12.9. The number of thioether (sulfide) groups is 1. The van der Waals surface area contributed by atoms with Gasteiger partial charge in [-0.3, -0.25) is 4.79 Å². The van der Waals surface area contributed by atoms with Gasteiger partial charge in [-0.1, -0.05) is 17.7 Å². The van der Waals surface area contributed by atoms with E-state index in [0.717, 1.165) is 5.75 Å². The normalized spacial score (nSPS) is 12.3. The fourth-order valence-electron chi connectivity index (χ4n) is 1.63. The third kappa shape index (κ3) is 5.01. The molecule has 1 aromatic carbocycles. The van der Waals surface area contributed by atoms with Crippen LogP contribution in [0.5, 0.6) is 0 Å². The number of hydrogen-bond donors (Lipinski definition) is 1.